The van der Waals surface area contributed by atoms with Gasteiger partial charge in [-0.25, -0.2) is 0 Å². The molecule has 0 saturated heterocycles. The van der Waals surface area contributed by atoms with Gasteiger partial charge in [0.05, 0.1) is 25.2 Å². The van der Waals surface area contributed by atoms with Crippen LogP contribution in [-0.4, -0.2) is 18.9 Å². The van der Waals surface area contributed by atoms with Crippen LogP contribution in [0.4, 0.5) is 13.2 Å². The normalized spacial score (nSPS) is 15.6. The molecule has 0 saturated carbocycles. The number of halogens is 3. The molecule has 0 amide bonds. The van der Waals surface area contributed by atoms with Gasteiger partial charge in [-0.2, -0.15) is 13.2 Å². The topological polar surface area (TPSA) is 35.2 Å². The number of benzene rings is 1. The van der Waals surface area contributed by atoms with Gasteiger partial charge in [0.25, 0.3) is 0 Å². The van der Waals surface area contributed by atoms with Crippen molar-refractivity contribution in [3.05, 3.63) is 35.9 Å². The van der Waals surface area contributed by atoms with Gasteiger partial charge in [-0.1, -0.05) is 30.3 Å². The van der Waals surface area contributed by atoms with Gasteiger partial charge in [-0.05, 0) is 12.5 Å². The van der Waals surface area contributed by atoms with E-state index >= 15 is 0 Å². The zero-order valence-electron chi connectivity index (χ0n) is 9.58. The minimum absolute atomic E-state index is 0.356. The number of ether oxygens (including phenoxy) is 1. The third kappa shape index (κ3) is 5.19. The first-order chi connectivity index (χ1) is 7.90. The van der Waals surface area contributed by atoms with Crippen molar-refractivity contribution >= 4 is 0 Å². The fraction of sp³-hybridized carbons (Fsp3) is 0.500. The van der Waals surface area contributed by atoms with Crippen LogP contribution in [-0.2, 0) is 4.74 Å². The average molecular weight is 247 g/mol. The summed E-state index contributed by atoms with van der Waals surface area (Å²) >= 11 is 0. The summed E-state index contributed by atoms with van der Waals surface area (Å²) in [6.45, 7) is 1.32. The van der Waals surface area contributed by atoms with Crippen molar-refractivity contribution < 1.29 is 17.9 Å². The highest BCUT2D eigenvalue weighted by molar-refractivity contribution is 5.19. The molecule has 0 bridgehead atoms. The zero-order valence-corrected chi connectivity index (χ0v) is 9.58. The van der Waals surface area contributed by atoms with E-state index in [1.807, 2.05) is 30.3 Å². The van der Waals surface area contributed by atoms with Gasteiger partial charge in [-0.3, -0.25) is 0 Å². The molecule has 0 fully saturated rings. The Labute approximate surface area is 98.6 Å². The molecule has 1 aromatic carbocycles. The number of alkyl halides is 3. The predicted octanol–water partition coefficient (Wildman–Crippen LogP) is 3.04. The van der Waals surface area contributed by atoms with Gasteiger partial charge in [0.1, 0.15) is 0 Å². The molecule has 0 aliphatic heterocycles. The summed E-state index contributed by atoms with van der Waals surface area (Å²) in [5.41, 5.74) is 6.74. The first kappa shape index (κ1) is 14.0. The fourth-order valence-corrected chi connectivity index (χ4v) is 1.41. The van der Waals surface area contributed by atoms with Gasteiger partial charge < -0.3 is 10.5 Å². The summed E-state index contributed by atoms with van der Waals surface area (Å²) in [4.78, 5) is 0. The molecule has 2 atom stereocenters. The summed E-state index contributed by atoms with van der Waals surface area (Å²) < 4.78 is 40.8. The van der Waals surface area contributed by atoms with Gasteiger partial charge in [0.15, 0.2) is 0 Å². The Bertz CT molecular complexity index is 326. The van der Waals surface area contributed by atoms with Gasteiger partial charge in [-0.15, -0.1) is 0 Å². The Balaban J connectivity index is 2.40. The summed E-state index contributed by atoms with van der Waals surface area (Å²) in [6, 6.07) is 8.76. The second-order valence-electron chi connectivity index (χ2n) is 3.88. The van der Waals surface area contributed by atoms with E-state index in [1.54, 1.807) is 6.92 Å². The molecular weight excluding hydrogens is 231 g/mol. The lowest BCUT2D eigenvalue weighted by Gasteiger charge is -2.21. The Hall–Kier alpha value is -1.07. The molecule has 2 unspecified atom stereocenters. The number of hydrogen-bond donors (Lipinski definition) is 1. The molecule has 0 spiro atoms. The molecule has 0 heterocycles. The lowest BCUT2D eigenvalue weighted by atomic mass is 10.0. The van der Waals surface area contributed by atoms with Crippen LogP contribution in [0, 0.1) is 0 Å². The van der Waals surface area contributed by atoms with Crippen LogP contribution >= 0.6 is 0 Å². The van der Waals surface area contributed by atoms with Gasteiger partial charge >= 0.3 is 6.18 Å². The van der Waals surface area contributed by atoms with Gasteiger partial charge in [0, 0.05) is 0 Å². The van der Waals surface area contributed by atoms with Crippen molar-refractivity contribution in [1.82, 2.24) is 0 Å². The molecule has 1 rings (SSSR count). The van der Waals surface area contributed by atoms with Crippen LogP contribution in [0.1, 0.15) is 24.9 Å². The number of rotatable bonds is 5. The maximum Gasteiger partial charge on any atom is 0.391 e. The SMILES string of the molecule is CC(OCCC(F)(F)F)C(N)c1ccccc1. The molecular formula is C12H16F3NO. The van der Waals surface area contributed by atoms with Gasteiger partial charge in [0.2, 0.25) is 0 Å². The molecule has 96 valence electrons. The van der Waals surface area contributed by atoms with Crippen molar-refractivity contribution in [2.45, 2.75) is 31.7 Å². The Kier molecular flexibility index (Phi) is 4.96. The Morgan fingerprint density at radius 2 is 1.82 bits per heavy atom. The third-order valence-electron chi connectivity index (χ3n) is 2.46. The highest BCUT2D eigenvalue weighted by Crippen LogP contribution is 2.21. The summed E-state index contributed by atoms with van der Waals surface area (Å²) in [6.07, 6.45) is -5.57. The maximum atomic E-state index is 11.9. The average Bonchev–Trinajstić information content (AvgIpc) is 2.27. The summed E-state index contributed by atoms with van der Waals surface area (Å²) in [7, 11) is 0. The highest BCUT2D eigenvalue weighted by atomic mass is 19.4. The van der Waals surface area contributed by atoms with E-state index in [-0.39, 0.29) is 6.61 Å². The molecule has 2 N–H and O–H groups in total. The summed E-state index contributed by atoms with van der Waals surface area (Å²) in [5.74, 6) is 0. The van der Waals surface area contributed by atoms with E-state index in [1.165, 1.54) is 0 Å². The lowest BCUT2D eigenvalue weighted by Crippen LogP contribution is -2.27. The largest absolute Gasteiger partial charge is 0.391 e. The van der Waals surface area contributed by atoms with E-state index in [0.29, 0.717) is 0 Å². The maximum absolute atomic E-state index is 11.9. The smallest absolute Gasteiger partial charge is 0.376 e. The number of hydrogen-bond acceptors (Lipinski definition) is 2. The second-order valence-corrected chi connectivity index (χ2v) is 3.88. The van der Waals surface area contributed by atoms with Crippen LogP contribution in [0.25, 0.3) is 0 Å². The quantitative estimate of drug-likeness (QED) is 0.868. The van der Waals surface area contributed by atoms with Crippen LogP contribution in [0.2, 0.25) is 0 Å². The third-order valence-corrected chi connectivity index (χ3v) is 2.46. The van der Waals surface area contributed by atoms with Crippen LogP contribution < -0.4 is 5.73 Å². The molecule has 1 aromatic rings. The van der Waals surface area contributed by atoms with Crippen LogP contribution in [0.5, 0.6) is 0 Å². The predicted molar refractivity (Wildman–Crippen MR) is 59.5 cm³/mol. The molecule has 5 heteroatoms. The Morgan fingerprint density at radius 1 is 1.24 bits per heavy atom. The minimum atomic E-state index is -4.18. The van der Waals surface area contributed by atoms with Crippen molar-refractivity contribution in [3.63, 3.8) is 0 Å². The van der Waals surface area contributed by atoms with E-state index < -0.39 is 24.7 Å². The molecule has 0 aliphatic rings. The standard InChI is InChI=1S/C12H16F3NO/c1-9(17-8-7-12(13,14)15)11(16)10-5-3-2-4-6-10/h2-6,9,11H,7-8,16H2,1H3. The first-order valence-corrected chi connectivity index (χ1v) is 5.39. The molecule has 17 heavy (non-hydrogen) atoms. The molecule has 0 radical (unpaired) electrons. The van der Waals surface area contributed by atoms with Crippen molar-refractivity contribution in [2.75, 3.05) is 6.61 Å². The monoisotopic (exact) mass is 247 g/mol. The number of nitrogens with two attached hydrogens (primary N) is 1. The second kappa shape index (κ2) is 6.02. The summed E-state index contributed by atoms with van der Waals surface area (Å²) in [5, 5.41) is 0. The van der Waals surface area contributed by atoms with Crippen molar-refractivity contribution in [1.29, 1.82) is 0 Å². The van der Waals surface area contributed by atoms with Crippen molar-refractivity contribution in [3.8, 4) is 0 Å². The van der Waals surface area contributed by atoms with E-state index in [0.717, 1.165) is 5.56 Å². The minimum Gasteiger partial charge on any atom is -0.376 e. The van der Waals surface area contributed by atoms with E-state index in [2.05, 4.69) is 0 Å². The fourth-order valence-electron chi connectivity index (χ4n) is 1.41. The lowest BCUT2D eigenvalue weighted by molar-refractivity contribution is -0.149. The van der Waals surface area contributed by atoms with Crippen LogP contribution in [0.15, 0.2) is 30.3 Å². The molecule has 2 nitrogen and oxygen atoms in total. The van der Waals surface area contributed by atoms with E-state index in [4.69, 9.17) is 10.5 Å². The molecule has 0 aromatic heterocycles. The Morgan fingerprint density at radius 3 is 2.35 bits per heavy atom. The first-order valence-electron chi connectivity index (χ1n) is 5.39. The van der Waals surface area contributed by atoms with Crippen LogP contribution in [0.3, 0.4) is 0 Å². The molecule has 0 aliphatic carbocycles. The van der Waals surface area contributed by atoms with Crippen molar-refractivity contribution in [2.24, 2.45) is 5.73 Å². The highest BCUT2D eigenvalue weighted by Gasteiger charge is 2.27. The zero-order chi connectivity index (χ0) is 12.9. The van der Waals surface area contributed by atoms with E-state index in [9.17, 15) is 13.2 Å².